The summed E-state index contributed by atoms with van der Waals surface area (Å²) in [4.78, 5) is 19.6. The topological polar surface area (TPSA) is 77.7 Å². The van der Waals surface area contributed by atoms with E-state index in [-0.39, 0.29) is 5.91 Å². The molecule has 0 bridgehead atoms. The first-order chi connectivity index (χ1) is 14.2. The molecular weight excluding hydrogens is 370 g/mol. The number of rotatable bonds is 3. The molecule has 0 aliphatic carbocycles. The fourth-order valence-corrected chi connectivity index (χ4v) is 3.90. The van der Waals surface area contributed by atoms with E-state index in [0.717, 1.165) is 5.56 Å². The quantitative estimate of drug-likeness (QED) is 0.681. The van der Waals surface area contributed by atoms with Crippen molar-refractivity contribution in [2.24, 2.45) is 0 Å². The Morgan fingerprint density at radius 1 is 0.931 bits per heavy atom. The molecule has 2 aliphatic heterocycles. The van der Waals surface area contributed by atoms with Crippen molar-refractivity contribution in [1.29, 1.82) is 0 Å². The van der Waals surface area contributed by atoms with Crippen LogP contribution >= 0.6 is 0 Å². The average molecular weight is 391 g/mol. The first-order valence-corrected chi connectivity index (χ1v) is 9.80. The van der Waals surface area contributed by atoms with Gasteiger partial charge in [-0.3, -0.25) is 4.79 Å². The predicted octanol–water partition coefficient (Wildman–Crippen LogP) is 3.38. The number of carbonyl (C=O) groups excluding carboxylic acids is 1. The van der Waals surface area contributed by atoms with Gasteiger partial charge in [-0.1, -0.05) is 47.6 Å². The van der Waals surface area contributed by atoms with E-state index in [1.165, 1.54) is 0 Å². The molecule has 2 fully saturated rings. The minimum Gasteiger partial charge on any atom is -0.347 e. The third kappa shape index (κ3) is 3.43. The lowest BCUT2D eigenvalue weighted by Gasteiger charge is -2.37. The van der Waals surface area contributed by atoms with Gasteiger partial charge in [-0.05, 0) is 12.1 Å². The molecule has 0 atom stereocenters. The van der Waals surface area contributed by atoms with Crippen molar-refractivity contribution < 1.29 is 18.8 Å². The molecule has 0 radical (unpaired) electrons. The zero-order valence-electron chi connectivity index (χ0n) is 15.9. The molecule has 5 rings (SSSR count). The lowest BCUT2D eigenvalue weighted by molar-refractivity contribution is -0.181. The summed E-state index contributed by atoms with van der Waals surface area (Å²) in [5.74, 6) is 0.280. The van der Waals surface area contributed by atoms with E-state index >= 15 is 0 Å². The molecule has 7 heteroatoms. The van der Waals surface area contributed by atoms with Crippen LogP contribution in [0.1, 0.15) is 23.2 Å². The minimum absolute atomic E-state index is 0.0482. The smallest absolute Gasteiger partial charge is 0.259 e. The molecule has 0 N–H and O–H groups in total. The van der Waals surface area contributed by atoms with Crippen LogP contribution in [0.4, 0.5) is 0 Å². The summed E-state index contributed by atoms with van der Waals surface area (Å²) in [7, 11) is 0. The van der Waals surface area contributed by atoms with Gasteiger partial charge in [0.25, 0.3) is 11.8 Å². The van der Waals surface area contributed by atoms with Gasteiger partial charge in [-0.2, -0.15) is 4.98 Å². The van der Waals surface area contributed by atoms with E-state index in [0.29, 0.717) is 62.0 Å². The third-order valence-electron chi connectivity index (χ3n) is 5.47. The van der Waals surface area contributed by atoms with Gasteiger partial charge < -0.3 is 18.9 Å². The lowest BCUT2D eigenvalue weighted by atomic mass is 10.0. The minimum atomic E-state index is -0.507. The van der Waals surface area contributed by atoms with Crippen molar-refractivity contribution in [3.63, 3.8) is 0 Å². The summed E-state index contributed by atoms with van der Waals surface area (Å²) in [6.07, 6.45) is 1.36. The third-order valence-corrected chi connectivity index (χ3v) is 5.47. The normalized spacial score (nSPS) is 18.3. The van der Waals surface area contributed by atoms with Crippen LogP contribution in [0.15, 0.2) is 59.1 Å². The zero-order valence-corrected chi connectivity index (χ0v) is 15.9. The standard InChI is InChI=1S/C22H21N3O4/c26-21(25-12-10-22(11-13-25)27-14-15-28-22)18-9-5-4-8-17(18)20-23-19(24-29-20)16-6-2-1-3-7-16/h1-9H,10-15H2. The molecule has 2 aromatic carbocycles. The second kappa shape index (κ2) is 7.42. The van der Waals surface area contributed by atoms with Crippen molar-refractivity contribution in [3.05, 3.63) is 60.2 Å². The highest BCUT2D eigenvalue weighted by molar-refractivity contribution is 6.00. The molecule has 3 aromatic rings. The largest absolute Gasteiger partial charge is 0.347 e. The number of aromatic nitrogens is 2. The second-order valence-electron chi connectivity index (χ2n) is 7.23. The lowest BCUT2D eigenvalue weighted by Crippen LogP contribution is -2.47. The molecule has 1 spiro atoms. The Labute approximate surface area is 168 Å². The summed E-state index contributed by atoms with van der Waals surface area (Å²) in [5.41, 5.74) is 2.06. The van der Waals surface area contributed by atoms with Crippen LogP contribution in [-0.4, -0.2) is 53.0 Å². The molecular formula is C22H21N3O4. The number of ether oxygens (including phenoxy) is 2. The first kappa shape index (κ1) is 18.0. The van der Waals surface area contributed by atoms with Crippen LogP contribution in [-0.2, 0) is 9.47 Å². The Kier molecular flexibility index (Phi) is 4.61. The highest BCUT2D eigenvalue weighted by Gasteiger charge is 2.41. The summed E-state index contributed by atoms with van der Waals surface area (Å²) < 4.78 is 17.0. The maximum Gasteiger partial charge on any atom is 0.259 e. The summed E-state index contributed by atoms with van der Waals surface area (Å²) in [6, 6.07) is 17.0. The fraction of sp³-hybridized carbons (Fsp3) is 0.318. The van der Waals surface area contributed by atoms with Gasteiger partial charge in [0.2, 0.25) is 5.82 Å². The number of hydrogen-bond donors (Lipinski definition) is 0. The molecule has 29 heavy (non-hydrogen) atoms. The van der Waals surface area contributed by atoms with Crippen molar-refractivity contribution in [1.82, 2.24) is 15.0 Å². The summed E-state index contributed by atoms with van der Waals surface area (Å²) in [6.45, 7) is 2.42. The van der Waals surface area contributed by atoms with E-state index < -0.39 is 5.79 Å². The Morgan fingerprint density at radius 2 is 1.62 bits per heavy atom. The van der Waals surface area contributed by atoms with Gasteiger partial charge in [-0.25, -0.2) is 0 Å². The van der Waals surface area contributed by atoms with Crippen molar-refractivity contribution in [2.45, 2.75) is 18.6 Å². The maximum atomic E-state index is 13.2. The zero-order chi connectivity index (χ0) is 19.7. The van der Waals surface area contributed by atoms with E-state index in [2.05, 4.69) is 10.1 Å². The van der Waals surface area contributed by atoms with Crippen LogP contribution < -0.4 is 0 Å². The number of carbonyl (C=O) groups is 1. The molecule has 2 saturated heterocycles. The van der Waals surface area contributed by atoms with Gasteiger partial charge in [0.15, 0.2) is 5.79 Å². The monoisotopic (exact) mass is 391 g/mol. The van der Waals surface area contributed by atoms with E-state index in [4.69, 9.17) is 14.0 Å². The maximum absolute atomic E-state index is 13.2. The number of amides is 1. The number of benzene rings is 2. The van der Waals surface area contributed by atoms with Gasteiger partial charge in [0.05, 0.1) is 24.3 Å². The van der Waals surface area contributed by atoms with Crippen molar-refractivity contribution in [2.75, 3.05) is 26.3 Å². The molecule has 148 valence electrons. The molecule has 1 aromatic heterocycles. The number of nitrogens with zero attached hydrogens (tertiary/aromatic N) is 3. The second-order valence-corrected chi connectivity index (χ2v) is 7.23. The molecule has 0 saturated carbocycles. The fourth-order valence-electron chi connectivity index (χ4n) is 3.90. The number of piperidine rings is 1. The Hall–Kier alpha value is -3.03. The molecule has 7 nitrogen and oxygen atoms in total. The molecule has 3 heterocycles. The van der Waals surface area contributed by atoms with Gasteiger partial charge in [0, 0.05) is 31.5 Å². The van der Waals surface area contributed by atoms with Gasteiger partial charge in [0.1, 0.15) is 0 Å². The number of hydrogen-bond acceptors (Lipinski definition) is 6. The van der Waals surface area contributed by atoms with E-state index in [1.807, 2.05) is 53.4 Å². The Morgan fingerprint density at radius 3 is 2.38 bits per heavy atom. The highest BCUT2D eigenvalue weighted by atomic mass is 16.7. The van der Waals surface area contributed by atoms with Gasteiger partial charge in [-0.15, -0.1) is 0 Å². The van der Waals surface area contributed by atoms with Crippen molar-refractivity contribution in [3.8, 4) is 22.8 Å². The Bertz CT molecular complexity index is 1000. The van der Waals surface area contributed by atoms with Crippen LogP contribution in [0.5, 0.6) is 0 Å². The van der Waals surface area contributed by atoms with Crippen molar-refractivity contribution >= 4 is 5.91 Å². The predicted molar refractivity (Wildman–Crippen MR) is 105 cm³/mol. The average Bonchev–Trinajstić information content (AvgIpc) is 3.45. The molecule has 1 amide bonds. The van der Waals surface area contributed by atoms with Crippen LogP contribution in [0.3, 0.4) is 0 Å². The van der Waals surface area contributed by atoms with Crippen LogP contribution in [0.25, 0.3) is 22.8 Å². The molecule has 0 unspecified atom stereocenters. The van der Waals surface area contributed by atoms with Crippen LogP contribution in [0.2, 0.25) is 0 Å². The van der Waals surface area contributed by atoms with E-state index in [1.54, 1.807) is 6.07 Å². The van der Waals surface area contributed by atoms with E-state index in [9.17, 15) is 4.79 Å². The SMILES string of the molecule is O=C(c1ccccc1-c1nc(-c2ccccc2)no1)N1CCC2(CC1)OCCO2. The van der Waals surface area contributed by atoms with Crippen LogP contribution in [0, 0.1) is 0 Å². The number of likely N-dealkylation sites (tertiary alicyclic amines) is 1. The molecule has 2 aliphatic rings. The summed E-state index contributed by atoms with van der Waals surface area (Å²) in [5, 5.41) is 4.08. The first-order valence-electron chi connectivity index (χ1n) is 9.80. The Balaban J connectivity index is 1.39. The summed E-state index contributed by atoms with van der Waals surface area (Å²) >= 11 is 0. The highest BCUT2D eigenvalue weighted by Crippen LogP contribution is 2.33. The van der Waals surface area contributed by atoms with Gasteiger partial charge >= 0.3 is 0 Å².